The molecule has 8 nitrogen and oxygen atoms in total. The minimum Gasteiger partial charge on any atom is -0.456 e. The summed E-state index contributed by atoms with van der Waals surface area (Å²) in [5.74, 6) is -0.876. The second-order valence-corrected chi connectivity index (χ2v) is 12.2. The first-order valence-corrected chi connectivity index (χ1v) is 12.3. The zero-order valence-electron chi connectivity index (χ0n) is 23.3. The Kier molecular flexibility index (Phi) is 7.59. The standard InChI is InChI=1S/C30H34O8/c1-28(2,3)25(32)35-18-12-10-17(11-13-18)21-16-20(31)24-22(37-21)14-19(36-26(33)29(4,5)6)15-23(24)38-27(34)30(7,8)9/h10-16H,1-9H3. The first kappa shape index (κ1) is 28.6. The second kappa shape index (κ2) is 10.1. The van der Waals surface area contributed by atoms with E-state index in [1.165, 1.54) is 18.2 Å². The Labute approximate surface area is 221 Å². The quantitative estimate of drug-likeness (QED) is 0.289. The van der Waals surface area contributed by atoms with Gasteiger partial charge in [0.2, 0.25) is 0 Å². The van der Waals surface area contributed by atoms with Crippen molar-refractivity contribution >= 4 is 28.9 Å². The molecule has 38 heavy (non-hydrogen) atoms. The first-order chi connectivity index (χ1) is 17.4. The lowest BCUT2D eigenvalue weighted by atomic mass is 9.97. The molecule has 0 unspecified atom stereocenters. The highest BCUT2D eigenvalue weighted by Gasteiger charge is 2.28. The first-order valence-electron chi connectivity index (χ1n) is 12.3. The number of benzene rings is 2. The maximum atomic E-state index is 13.2. The summed E-state index contributed by atoms with van der Waals surface area (Å²) in [6, 6.07) is 10.5. The Morgan fingerprint density at radius 3 is 1.61 bits per heavy atom. The van der Waals surface area contributed by atoms with Gasteiger partial charge >= 0.3 is 17.9 Å². The zero-order chi connectivity index (χ0) is 28.6. The van der Waals surface area contributed by atoms with Crippen LogP contribution in [0.5, 0.6) is 17.2 Å². The van der Waals surface area contributed by atoms with Crippen molar-refractivity contribution in [2.75, 3.05) is 0 Å². The van der Waals surface area contributed by atoms with E-state index in [2.05, 4.69) is 0 Å². The van der Waals surface area contributed by atoms with Gasteiger partial charge in [0.15, 0.2) is 5.43 Å². The van der Waals surface area contributed by atoms with Gasteiger partial charge in [-0.05, 0) is 86.6 Å². The SMILES string of the molecule is CC(C)(C)C(=O)Oc1ccc(-c2cc(=O)c3c(OC(=O)C(C)(C)C)cc(OC(=O)C(C)(C)C)cc3o2)cc1. The van der Waals surface area contributed by atoms with Gasteiger partial charge in [0.05, 0.1) is 16.2 Å². The average molecular weight is 523 g/mol. The summed E-state index contributed by atoms with van der Waals surface area (Å²) in [6.45, 7) is 15.4. The molecule has 1 aromatic heterocycles. The van der Waals surface area contributed by atoms with E-state index in [0.29, 0.717) is 11.3 Å². The number of hydrogen-bond acceptors (Lipinski definition) is 8. The van der Waals surface area contributed by atoms with Crippen LogP contribution in [0.4, 0.5) is 0 Å². The third-order valence-electron chi connectivity index (χ3n) is 5.37. The topological polar surface area (TPSA) is 109 Å². The van der Waals surface area contributed by atoms with Crippen LogP contribution in [0.15, 0.2) is 51.7 Å². The van der Waals surface area contributed by atoms with Crippen LogP contribution in [0.2, 0.25) is 0 Å². The Hall–Kier alpha value is -3.94. The summed E-state index contributed by atoms with van der Waals surface area (Å²) in [5, 5.41) is 0.0395. The van der Waals surface area contributed by atoms with Gasteiger partial charge in [-0.2, -0.15) is 0 Å². The van der Waals surface area contributed by atoms with Crippen LogP contribution >= 0.6 is 0 Å². The van der Waals surface area contributed by atoms with Crippen LogP contribution in [-0.4, -0.2) is 17.9 Å². The Morgan fingerprint density at radius 1 is 0.632 bits per heavy atom. The van der Waals surface area contributed by atoms with Gasteiger partial charge in [0, 0.05) is 23.8 Å². The number of esters is 3. The molecule has 0 saturated carbocycles. The van der Waals surface area contributed by atoms with Crippen molar-refractivity contribution in [3.05, 3.63) is 52.7 Å². The second-order valence-electron chi connectivity index (χ2n) is 12.2. The summed E-state index contributed by atoms with van der Waals surface area (Å²) in [4.78, 5) is 50.6. The highest BCUT2D eigenvalue weighted by Crippen LogP contribution is 2.34. The van der Waals surface area contributed by atoms with Crippen LogP contribution in [0, 0.1) is 16.2 Å². The van der Waals surface area contributed by atoms with Crippen LogP contribution in [0.1, 0.15) is 62.3 Å². The van der Waals surface area contributed by atoms with E-state index < -0.39 is 33.6 Å². The lowest BCUT2D eigenvalue weighted by molar-refractivity contribution is -0.143. The number of carbonyl (C=O) groups excluding carboxylic acids is 3. The van der Waals surface area contributed by atoms with Crippen molar-refractivity contribution in [3.63, 3.8) is 0 Å². The summed E-state index contributed by atoms with van der Waals surface area (Å²) >= 11 is 0. The molecule has 0 spiro atoms. The van der Waals surface area contributed by atoms with E-state index in [4.69, 9.17) is 18.6 Å². The van der Waals surface area contributed by atoms with Crippen molar-refractivity contribution in [1.82, 2.24) is 0 Å². The molecule has 0 amide bonds. The molecule has 0 N–H and O–H groups in total. The fraction of sp³-hybridized carbons (Fsp3) is 0.400. The van der Waals surface area contributed by atoms with Gasteiger partial charge in [-0.25, -0.2) is 0 Å². The van der Waals surface area contributed by atoms with E-state index in [1.807, 2.05) is 0 Å². The molecule has 0 aliphatic rings. The Morgan fingerprint density at radius 2 is 1.11 bits per heavy atom. The van der Waals surface area contributed by atoms with Crippen molar-refractivity contribution in [1.29, 1.82) is 0 Å². The van der Waals surface area contributed by atoms with Crippen molar-refractivity contribution in [2.45, 2.75) is 62.3 Å². The molecule has 0 bridgehead atoms. The van der Waals surface area contributed by atoms with E-state index in [1.54, 1.807) is 86.6 Å². The molecule has 3 rings (SSSR count). The maximum absolute atomic E-state index is 13.2. The van der Waals surface area contributed by atoms with Gasteiger partial charge in [-0.15, -0.1) is 0 Å². The van der Waals surface area contributed by atoms with E-state index in [0.717, 1.165) is 0 Å². The normalized spacial score (nSPS) is 12.2. The molecule has 0 atom stereocenters. The maximum Gasteiger partial charge on any atom is 0.316 e. The molecule has 8 heteroatoms. The highest BCUT2D eigenvalue weighted by molar-refractivity contribution is 5.91. The predicted molar refractivity (Wildman–Crippen MR) is 143 cm³/mol. The molecule has 0 fully saturated rings. The highest BCUT2D eigenvalue weighted by atomic mass is 16.6. The number of hydrogen-bond donors (Lipinski definition) is 0. The van der Waals surface area contributed by atoms with Gasteiger partial charge in [0.1, 0.15) is 34.0 Å². The average Bonchev–Trinajstić information content (AvgIpc) is 2.77. The summed E-state index contributed by atoms with van der Waals surface area (Å²) in [6.07, 6.45) is 0. The summed E-state index contributed by atoms with van der Waals surface area (Å²) in [7, 11) is 0. The monoisotopic (exact) mass is 522 g/mol. The fourth-order valence-electron chi connectivity index (χ4n) is 2.97. The van der Waals surface area contributed by atoms with Gasteiger partial charge < -0.3 is 18.6 Å². The minimum absolute atomic E-state index is 0.0395. The minimum atomic E-state index is -0.845. The zero-order valence-corrected chi connectivity index (χ0v) is 23.3. The van der Waals surface area contributed by atoms with Gasteiger partial charge in [-0.3, -0.25) is 19.2 Å². The van der Waals surface area contributed by atoms with Crippen molar-refractivity contribution in [3.8, 4) is 28.6 Å². The largest absolute Gasteiger partial charge is 0.456 e. The summed E-state index contributed by atoms with van der Waals surface area (Å²) < 4.78 is 22.5. The Balaban J connectivity index is 2.09. The molecule has 0 saturated heterocycles. The number of carbonyl (C=O) groups is 3. The number of ether oxygens (including phenoxy) is 3. The van der Waals surface area contributed by atoms with Crippen LogP contribution in [0.3, 0.4) is 0 Å². The van der Waals surface area contributed by atoms with Crippen LogP contribution in [0.25, 0.3) is 22.3 Å². The molecular formula is C30H34O8. The van der Waals surface area contributed by atoms with Crippen LogP contribution in [-0.2, 0) is 14.4 Å². The fourth-order valence-corrected chi connectivity index (χ4v) is 2.97. The van der Waals surface area contributed by atoms with Gasteiger partial charge in [0.25, 0.3) is 0 Å². The molecular weight excluding hydrogens is 488 g/mol. The molecule has 202 valence electrons. The van der Waals surface area contributed by atoms with E-state index in [9.17, 15) is 19.2 Å². The molecule has 0 aliphatic heterocycles. The molecule has 0 aliphatic carbocycles. The summed E-state index contributed by atoms with van der Waals surface area (Å²) in [5.41, 5.74) is -2.13. The molecule has 0 radical (unpaired) electrons. The van der Waals surface area contributed by atoms with E-state index >= 15 is 0 Å². The van der Waals surface area contributed by atoms with Gasteiger partial charge in [-0.1, -0.05) is 0 Å². The smallest absolute Gasteiger partial charge is 0.316 e. The lowest BCUT2D eigenvalue weighted by Gasteiger charge is -2.19. The number of rotatable bonds is 4. The third kappa shape index (κ3) is 6.68. The van der Waals surface area contributed by atoms with E-state index in [-0.39, 0.29) is 34.2 Å². The number of fused-ring (bicyclic) bond motifs is 1. The van der Waals surface area contributed by atoms with Crippen molar-refractivity contribution in [2.24, 2.45) is 16.2 Å². The lowest BCUT2D eigenvalue weighted by Crippen LogP contribution is -2.27. The predicted octanol–water partition coefficient (Wildman–Crippen LogP) is 6.31. The molecule has 2 aromatic carbocycles. The third-order valence-corrected chi connectivity index (χ3v) is 5.37. The van der Waals surface area contributed by atoms with Crippen molar-refractivity contribution < 1.29 is 33.0 Å². The molecule has 3 aromatic rings. The Bertz CT molecular complexity index is 1440. The van der Waals surface area contributed by atoms with Crippen LogP contribution < -0.4 is 19.6 Å². The molecule has 1 heterocycles.